The van der Waals surface area contributed by atoms with Crippen molar-refractivity contribution < 1.29 is 13.2 Å². The standard InChI is InChI=1S/C20H24ClN3O3S/c1-13-12-14(2)16(4)18(15(13)3)28(26,27)24-10-8-23(9-11-24)20(25)17-6-5-7-22-19(17)21/h5-7,12H,8-11H2,1-4H3. The highest BCUT2D eigenvalue weighted by Crippen LogP contribution is 2.29. The largest absolute Gasteiger partial charge is 0.336 e. The van der Waals surface area contributed by atoms with Crippen molar-refractivity contribution >= 4 is 27.5 Å². The van der Waals surface area contributed by atoms with Crippen molar-refractivity contribution in [1.82, 2.24) is 14.2 Å². The van der Waals surface area contributed by atoms with Gasteiger partial charge in [0.2, 0.25) is 10.0 Å². The molecule has 6 nitrogen and oxygen atoms in total. The molecule has 1 amide bonds. The molecular formula is C20H24ClN3O3S. The molecule has 28 heavy (non-hydrogen) atoms. The maximum Gasteiger partial charge on any atom is 0.257 e. The molecule has 8 heteroatoms. The van der Waals surface area contributed by atoms with E-state index in [-0.39, 0.29) is 24.1 Å². The van der Waals surface area contributed by atoms with Crippen LogP contribution >= 0.6 is 11.6 Å². The molecule has 2 aromatic rings. The minimum absolute atomic E-state index is 0.157. The zero-order valence-electron chi connectivity index (χ0n) is 16.5. The molecule has 1 fully saturated rings. The summed E-state index contributed by atoms with van der Waals surface area (Å²) in [5.41, 5.74) is 3.82. The highest BCUT2D eigenvalue weighted by molar-refractivity contribution is 7.89. The van der Waals surface area contributed by atoms with E-state index in [1.807, 2.05) is 33.8 Å². The molecule has 1 saturated heterocycles. The first-order valence-electron chi connectivity index (χ1n) is 9.12. The Balaban J connectivity index is 1.82. The molecular weight excluding hydrogens is 398 g/mol. The Morgan fingerprint density at radius 1 is 1.04 bits per heavy atom. The lowest BCUT2D eigenvalue weighted by Gasteiger charge is -2.35. The molecule has 0 unspecified atom stereocenters. The van der Waals surface area contributed by atoms with Crippen LogP contribution in [-0.2, 0) is 10.0 Å². The number of amides is 1. The first-order chi connectivity index (χ1) is 13.1. The fourth-order valence-corrected chi connectivity index (χ4v) is 5.74. The summed E-state index contributed by atoms with van der Waals surface area (Å²) in [6, 6.07) is 5.30. The van der Waals surface area contributed by atoms with Gasteiger partial charge in [-0.15, -0.1) is 0 Å². The van der Waals surface area contributed by atoms with Crippen LogP contribution in [0.5, 0.6) is 0 Å². The second-order valence-corrected chi connectivity index (χ2v) is 9.36. The number of rotatable bonds is 3. The minimum Gasteiger partial charge on any atom is -0.336 e. The van der Waals surface area contributed by atoms with Gasteiger partial charge in [-0.25, -0.2) is 13.4 Å². The van der Waals surface area contributed by atoms with Gasteiger partial charge in [0.15, 0.2) is 0 Å². The number of aromatic nitrogens is 1. The summed E-state index contributed by atoms with van der Waals surface area (Å²) >= 11 is 6.02. The van der Waals surface area contributed by atoms with Gasteiger partial charge in [0, 0.05) is 32.4 Å². The Kier molecular flexibility index (Phi) is 5.79. The molecule has 150 valence electrons. The molecule has 0 N–H and O–H groups in total. The van der Waals surface area contributed by atoms with E-state index in [0.29, 0.717) is 23.5 Å². The zero-order chi connectivity index (χ0) is 20.6. The van der Waals surface area contributed by atoms with E-state index >= 15 is 0 Å². The van der Waals surface area contributed by atoms with E-state index in [1.165, 1.54) is 10.5 Å². The summed E-state index contributed by atoms with van der Waals surface area (Å²) in [5.74, 6) is -0.228. The number of nitrogens with zero attached hydrogens (tertiary/aromatic N) is 3. The van der Waals surface area contributed by atoms with Crippen LogP contribution in [0.3, 0.4) is 0 Å². The summed E-state index contributed by atoms with van der Waals surface area (Å²) in [4.78, 5) is 18.6. The lowest BCUT2D eigenvalue weighted by atomic mass is 10.0. The summed E-state index contributed by atoms with van der Waals surface area (Å²) in [5, 5.41) is 0.157. The van der Waals surface area contributed by atoms with Crippen molar-refractivity contribution in [2.45, 2.75) is 32.6 Å². The van der Waals surface area contributed by atoms with Crippen LogP contribution in [0.25, 0.3) is 0 Å². The number of sulfonamides is 1. The lowest BCUT2D eigenvalue weighted by Crippen LogP contribution is -2.50. The van der Waals surface area contributed by atoms with E-state index in [0.717, 1.165) is 22.3 Å². The molecule has 0 saturated carbocycles. The Morgan fingerprint density at radius 2 is 1.61 bits per heavy atom. The number of carbonyl (C=O) groups is 1. The van der Waals surface area contributed by atoms with Crippen LogP contribution in [0.2, 0.25) is 5.15 Å². The maximum absolute atomic E-state index is 13.3. The third-order valence-electron chi connectivity index (χ3n) is 5.41. The van der Waals surface area contributed by atoms with Crippen molar-refractivity contribution in [3.05, 3.63) is 57.4 Å². The van der Waals surface area contributed by atoms with Gasteiger partial charge in [0.05, 0.1) is 10.5 Å². The van der Waals surface area contributed by atoms with E-state index < -0.39 is 10.0 Å². The molecule has 3 rings (SSSR count). The van der Waals surface area contributed by atoms with Crippen LogP contribution < -0.4 is 0 Å². The molecule has 0 radical (unpaired) electrons. The monoisotopic (exact) mass is 421 g/mol. The van der Waals surface area contributed by atoms with Gasteiger partial charge < -0.3 is 4.90 Å². The highest BCUT2D eigenvalue weighted by atomic mass is 35.5. The highest BCUT2D eigenvalue weighted by Gasteiger charge is 2.33. The number of pyridine rings is 1. The van der Waals surface area contributed by atoms with Crippen LogP contribution in [0.15, 0.2) is 29.3 Å². The Hall–Kier alpha value is -1.96. The predicted octanol–water partition coefficient (Wildman–Crippen LogP) is 3.12. The summed E-state index contributed by atoms with van der Waals surface area (Å²) in [6.07, 6.45) is 1.53. The number of carbonyl (C=O) groups excluding carboxylic acids is 1. The van der Waals surface area contributed by atoms with E-state index in [9.17, 15) is 13.2 Å². The number of hydrogen-bond donors (Lipinski definition) is 0. The number of halogens is 1. The van der Waals surface area contributed by atoms with Gasteiger partial charge in [-0.05, 0) is 62.1 Å². The molecule has 0 aliphatic carbocycles. The van der Waals surface area contributed by atoms with Crippen molar-refractivity contribution in [2.24, 2.45) is 0 Å². The Bertz CT molecular complexity index is 1000. The van der Waals surface area contributed by atoms with Crippen molar-refractivity contribution in [3.8, 4) is 0 Å². The van der Waals surface area contributed by atoms with Gasteiger partial charge >= 0.3 is 0 Å². The maximum atomic E-state index is 13.3. The van der Waals surface area contributed by atoms with E-state index in [1.54, 1.807) is 17.0 Å². The quantitative estimate of drug-likeness (QED) is 0.714. The molecule has 1 aliphatic rings. The molecule has 2 heterocycles. The number of benzene rings is 1. The molecule has 1 aliphatic heterocycles. The Morgan fingerprint density at radius 3 is 2.14 bits per heavy atom. The van der Waals surface area contributed by atoms with Crippen molar-refractivity contribution in [1.29, 1.82) is 0 Å². The lowest BCUT2D eigenvalue weighted by molar-refractivity contribution is 0.0697. The Labute approximate surface area is 171 Å². The smallest absolute Gasteiger partial charge is 0.257 e. The van der Waals surface area contributed by atoms with Crippen LogP contribution in [0.1, 0.15) is 32.6 Å². The van der Waals surface area contributed by atoms with E-state index in [4.69, 9.17) is 11.6 Å². The van der Waals surface area contributed by atoms with Gasteiger partial charge in [0.25, 0.3) is 5.91 Å². The average molecular weight is 422 g/mol. The van der Waals surface area contributed by atoms with Crippen molar-refractivity contribution in [2.75, 3.05) is 26.2 Å². The zero-order valence-corrected chi connectivity index (χ0v) is 18.1. The molecule has 1 aromatic heterocycles. The minimum atomic E-state index is -3.63. The van der Waals surface area contributed by atoms with Gasteiger partial charge in [-0.2, -0.15) is 4.31 Å². The van der Waals surface area contributed by atoms with Crippen molar-refractivity contribution in [3.63, 3.8) is 0 Å². The van der Waals surface area contributed by atoms with Crippen LogP contribution in [0, 0.1) is 27.7 Å². The molecule has 0 bridgehead atoms. The fraction of sp³-hybridized carbons (Fsp3) is 0.400. The molecule has 0 spiro atoms. The topological polar surface area (TPSA) is 70.6 Å². The van der Waals surface area contributed by atoms with Gasteiger partial charge in [-0.3, -0.25) is 4.79 Å². The third kappa shape index (κ3) is 3.66. The SMILES string of the molecule is Cc1cc(C)c(C)c(S(=O)(=O)N2CCN(C(=O)c3cccnc3Cl)CC2)c1C. The normalized spacial score (nSPS) is 15.7. The van der Waals surface area contributed by atoms with Gasteiger partial charge in [-0.1, -0.05) is 17.7 Å². The summed E-state index contributed by atoms with van der Waals surface area (Å²) in [6.45, 7) is 8.66. The van der Waals surface area contributed by atoms with Gasteiger partial charge in [0.1, 0.15) is 5.15 Å². The predicted molar refractivity (Wildman–Crippen MR) is 109 cm³/mol. The number of piperazine rings is 1. The number of aryl methyl sites for hydroxylation is 2. The summed E-state index contributed by atoms with van der Waals surface area (Å²) < 4.78 is 28.1. The van der Waals surface area contributed by atoms with Crippen LogP contribution in [-0.4, -0.2) is 54.7 Å². The van der Waals surface area contributed by atoms with E-state index in [2.05, 4.69) is 4.98 Å². The second kappa shape index (κ2) is 7.81. The first kappa shape index (κ1) is 20.8. The molecule has 0 atom stereocenters. The second-order valence-electron chi connectivity index (χ2n) is 7.13. The van der Waals surface area contributed by atoms with Crippen LogP contribution in [0.4, 0.5) is 0 Å². The molecule has 1 aromatic carbocycles. The number of hydrogen-bond acceptors (Lipinski definition) is 4. The first-order valence-corrected chi connectivity index (χ1v) is 10.9. The average Bonchev–Trinajstić information content (AvgIpc) is 2.66. The summed E-state index contributed by atoms with van der Waals surface area (Å²) in [7, 11) is -3.63. The third-order valence-corrected chi connectivity index (χ3v) is 7.88. The fourth-order valence-electron chi connectivity index (χ4n) is 3.54.